The first-order valence-electron chi connectivity index (χ1n) is 4.67. The van der Waals surface area contributed by atoms with Crippen LogP contribution in [0.5, 0.6) is 5.75 Å². The summed E-state index contributed by atoms with van der Waals surface area (Å²) in [4.78, 5) is 5.24. The molecule has 80 valence electrons. The van der Waals surface area contributed by atoms with Crippen molar-refractivity contribution < 1.29 is 9.26 Å². The zero-order valence-corrected chi connectivity index (χ0v) is 9.67. The summed E-state index contributed by atoms with van der Waals surface area (Å²) >= 11 is 1.53. The lowest BCUT2D eigenvalue weighted by atomic mass is 10.2. The Morgan fingerprint density at radius 2 is 2.27 bits per heavy atom. The van der Waals surface area contributed by atoms with Crippen molar-refractivity contribution in [3.8, 4) is 16.5 Å². The largest absolute Gasteiger partial charge is 0.496 e. The molecule has 2 aromatic rings. The molecule has 2 aromatic heterocycles. The SMILES string of the molecule is COc1csc(-c2nc(C(C)C)no2)c1. The fourth-order valence-electron chi connectivity index (χ4n) is 1.11. The van der Waals surface area contributed by atoms with Gasteiger partial charge in [-0.25, -0.2) is 0 Å². The second-order valence-electron chi connectivity index (χ2n) is 3.46. The lowest BCUT2D eigenvalue weighted by molar-refractivity contribution is 0.414. The van der Waals surface area contributed by atoms with E-state index in [2.05, 4.69) is 10.1 Å². The van der Waals surface area contributed by atoms with E-state index in [1.807, 2.05) is 25.3 Å². The van der Waals surface area contributed by atoms with E-state index < -0.39 is 0 Å². The van der Waals surface area contributed by atoms with E-state index in [4.69, 9.17) is 9.26 Å². The van der Waals surface area contributed by atoms with E-state index in [9.17, 15) is 0 Å². The third kappa shape index (κ3) is 2.02. The van der Waals surface area contributed by atoms with Gasteiger partial charge in [-0.2, -0.15) is 4.98 Å². The maximum atomic E-state index is 5.16. The summed E-state index contributed by atoms with van der Waals surface area (Å²) in [6.07, 6.45) is 0. The predicted octanol–water partition coefficient (Wildman–Crippen LogP) is 2.93. The standard InChI is InChI=1S/C10H12N2O2S/c1-6(2)9-11-10(14-12-9)8-4-7(13-3)5-15-8/h4-6H,1-3H3. The molecule has 0 aliphatic rings. The van der Waals surface area contributed by atoms with Gasteiger partial charge in [0.2, 0.25) is 0 Å². The van der Waals surface area contributed by atoms with Gasteiger partial charge in [0.05, 0.1) is 12.0 Å². The number of thiophene rings is 1. The van der Waals surface area contributed by atoms with Gasteiger partial charge < -0.3 is 9.26 Å². The van der Waals surface area contributed by atoms with E-state index in [1.54, 1.807) is 7.11 Å². The van der Waals surface area contributed by atoms with Gasteiger partial charge in [0, 0.05) is 17.4 Å². The third-order valence-electron chi connectivity index (χ3n) is 1.98. The van der Waals surface area contributed by atoms with Gasteiger partial charge in [0.15, 0.2) is 5.82 Å². The Hall–Kier alpha value is -1.36. The molecule has 4 nitrogen and oxygen atoms in total. The average Bonchev–Trinajstić information content (AvgIpc) is 2.86. The highest BCUT2D eigenvalue weighted by Gasteiger charge is 2.13. The molecule has 5 heteroatoms. The van der Waals surface area contributed by atoms with Crippen LogP contribution in [-0.4, -0.2) is 17.3 Å². The Morgan fingerprint density at radius 1 is 1.47 bits per heavy atom. The first-order chi connectivity index (χ1) is 7.20. The lowest BCUT2D eigenvalue weighted by Gasteiger charge is -1.91. The molecule has 0 amide bonds. The summed E-state index contributed by atoms with van der Waals surface area (Å²) in [5, 5.41) is 5.82. The number of ether oxygens (including phenoxy) is 1. The van der Waals surface area contributed by atoms with Crippen LogP contribution in [0.2, 0.25) is 0 Å². The molecule has 2 heterocycles. The molecule has 0 aromatic carbocycles. The van der Waals surface area contributed by atoms with Crippen LogP contribution in [-0.2, 0) is 0 Å². The Kier molecular flexibility index (Phi) is 2.73. The fourth-order valence-corrected chi connectivity index (χ4v) is 1.88. The van der Waals surface area contributed by atoms with Crippen LogP contribution >= 0.6 is 11.3 Å². The van der Waals surface area contributed by atoms with Crippen LogP contribution in [0.1, 0.15) is 25.6 Å². The van der Waals surface area contributed by atoms with Crippen LogP contribution in [0.15, 0.2) is 16.0 Å². The molecule has 0 aliphatic heterocycles. The third-order valence-corrected chi connectivity index (χ3v) is 2.88. The van der Waals surface area contributed by atoms with Gasteiger partial charge in [-0.3, -0.25) is 0 Å². The minimum atomic E-state index is 0.282. The zero-order valence-electron chi connectivity index (χ0n) is 8.85. The Morgan fingerprint density at radius 3 is 2.80 bits per heavy atom. The second-order valence-corrected chi connectivity index (χ2v) is 4.37. The molecular weight excluding hydrogens is 212 g/mol. The topological polar surface area (TPSA) is 48.2 Å². The first-order valence-corrected chi connectivity index (χ1v) is 5.55. The number of methoxy groups -OCH3 is 1. The van der Waals surface area contributed by atoms with Gasteiger partial charge >= 0.3 is 0 Å². The van der Waals surface area contributed by atoms with Crippen molar-refractivity contribution in [1.82, 2.24) is 10.1 Å². The fraction of sp³-hybridized carbons (Fsp3) is 0.400. The summed E-state index contributed by atoms with van der Waals surface area (Å²) in [7, 11) is 1.64. The zero-order chi connectivity index (χ0) is 10.8. The van der Waals surface area contributed by atoms with Crippen molar-refractivity contribution in [2.45, 2.75) is 19.8 Å². The van der Waals surface area contributed by atoms with Crippen LogP contribution < -0.4 is 4.74 Å². The molecule has 0 fully saturated rings. The molecule has 0 N–H and O–H groups in total. The molecule has 0 atom stereocenters. The normalized spacial score (nSPS) is 10.9. The number of aromatic nitrogens is 2. The summed E-state index contributed by atoms with van der Waals surface area (Å²) in [5.41, 5.74) is 0. The highest BCUT2D eigenvalue weighted by Crippen LogP contribution is 2.30. The van der Waals surface area contributed by atoms with Crippen molar-refractivity contribution in [3.63, 3.8) is 0 Å². The summed E-state index contributed by atoms with van der Waals surface area (Å²) in [5.74, 6) is 2.40. The molecule has 0 aliphatic carbocycles. The van der Waals surface area contributed by atoms with Gasteiger partial charge in [-0.05, 0) is 0 Å². The van der Waals surface area contributed by atoms with E-state index >= 15 is 0 Å². The molecule has 0 saturated carbocycles. The monoisotopic (exact) mass is 224 g/mol. The van der Waals surface area contributed by atoms with Gasteiger partial charge in [-0.15, -0.1) is 11.3 Å². The minimum Gasteiger partial charge on any atom is -0.496 e. The summed E-state index contributed by atoms with van der Waals surface area (Å²) in [6, 6.07) is 1.89. The van der Waals surface area contributed by atoms with E-state index in [0.717, 1.165) is 16.5 Å². The molecule has 0 unspecified atom stereocenters. The number of rotatable bonds is 3. The van der Waals surface area contributed by atoms with Gasteiger partial charge in [0.1, 0.15) is 5.75 Å². The molecule has 0 spiro atoms. The highest BCUT2D eigenvalue weighted by molar-refractivity contribution is 7.13. The van der Waals surface area contributed by atoms with Crippen LogP contribution in [0.4, 0.5) is 0 Å². The number of hydrogen-bond donors (Lipinski definition) is 0. The molecule has 0 bridgehead atoms. The highest BCUT2D eigenvalue weighted by atomic mass is 32.1. The maximum absolute atomic E-state index is 5.16. The quantitative estimate of drug-likeness (QED) is 0.804. The van der Waals surface area contributed by atoms with Crippen molar-refractivity contribution in [2.75, 3.05) is 7.11 Å². The van der Waals surface area contributed by atoms with Crippen molar-refractivity contribution in [2.24, 2.45) is 0 Å². The van der Waals surface area contributed by atoms with Crippen molar-refractivity contribution >= 4 is 11.3 Å². The Balaban J connectivity index is 2.28. The second kappa shape index (κ2) is 4.02. The average molecular weight is 224 g/mol. The number of hydrogen-bond acceptors (Lipinski definition) is 5. The molecule has 15 heavy (non-hydrogen) atoms. The van der Waals surface area contributed by atoms with Crippen LogP contribution in [0.25, 0.3) is 10.8 Å². The van der Waals surface area contributed by atoms with E-state index in [1.165, 1.54) is 11.3 Å². The van der Waals surface area contributed by atoms with Crippen molar-refractivity contribution in [1.29, 1.82) is 0 Å². The Bertz CT molecular complexity index is 448. The number of nitrogens with zero attached hydrogens (tertiary/aromatic N) is 2. The van der Waals surface area contributed by atoms with Gasteiger partial charge in [-0.1, -0.05) is 19.0 Å². The lowest BCUT2D eigenvalue weighted by Crippen LogP contribution is -1.88. The van der Waals surface area contributed by atoms with Gasteiger partial charge in [0.25, 0.3) is 5.89 Å². The van der Waals surface area contributed by atoms with E-state index in [-0.39, 0.29) is 5.92 Å². The molecule has 2 rings (SSSR count). The molecular formula is C10H12N2O2S. The van der Waals surface area contributed by atoms with Crippen LogP contribution in [0.3, 0.4) is 0 Å². The first kappa shape index (κ1) is 10.2. The Labute approximate surface area is 91.9 Å². The summed E-state index contributed by atoms with van der Waals surface area (Å²) in [6.45, 7) is 4.06. The minimum absolute atomic E-state index is 0.282. The predicted molar refractivity (Wildman–Crippen MR) is 58.3 cm³/mol. The van der Waals surface area contributed by atoms with Crippen molar-refractivity contribution in [3.05, 3.63) is 17.3 Å². The molecule has 0 saturated heterocycles. The summed E-state index contributed by atoms with van der Waals surface area (Å²) < 4.78 is 10.3. The van der Waals surface area contributed by atoms with E-state index in [0.29, 0.717) is 5.89 Å². The maximum Gasteiger partial charge on any atom is 0.268 e. The van der Waals surface area contributed by atoms with Crippen LogP contribution in [0, 0.1) is 0 Å². The smallest absolute Gasteiger partial charge is 0.268 e. The molecule has 0 radical (unpaired) electrons.